The fourth-order valence-corrected chi connectivity index (χ4v) is 3.26. The molecule has 0 aliphatic heterocycles. The lowest BCUT2D eigenvalue weighted by molar-refractivity contribution is -0.123. The van der Waals surface area contributed by atoms with Crippen molar-refractivity contribution < 1.29 is 14.3 Å². The van der Waals surface area contributed by atoms with Crippen LogP contribution in [0.3, 0.4) is 0 Å². The molecule has 0 aliphatic rings. The van der Waals surface area contributed by atoms with Crippen molar-refractivity contribution >= 4 is 35.2 Å². The summed E-state index contributed by atoms with van der Waals surface area (Å²) in [6, 6.07) is 13.9. The maximum absolute atomic E-state index is 12.6. The van der Waals surface area contributed by atoms with Gasteiger partial charge in [0.1, 0.15) is 18.4 Å². The van der Waals surface area contributed by atoms with Crippen LogP contribution in [0.25, 0.3) is 0 Å². The van der Waals surface area contributed by atoms with Gasteiger partial charge in [-0.15, -0.1) is 0 Å². The van der Waals surface area contributed by atoms with Crippen LogP contribution in [0.4, 0.5) is 0 Å². The Labute approximate surface area is 175 Å². The summed E-state index contributed by atoms with van der Waals surface area (Å²) >= 11 is 7.70. The lowest BCUT2D eigenvalue weighted by Gasteiger charge is -2.19. The highest BCUT2D eigenvalue weighted by molar-refractivity contribution is 7.98. The quantitative estimate of drug-likeness (QED) is 0.575. The van der Waals surface area contributed by atoms with Gasteiger partial charge in [-0.1, -0.05) is 41.9 Å². The zero-order valence-electron chi connectivity index (χ0n) is 16.0. The molecule has 2 aromatic carbocycles. The minimum absolute atomic E-state index is 0.233. The second-order valence-corrected chi connectivity index (χ2v) is 7.59. The summed E-state index contributed by atoms with van der Waals surface area (Å²) in [5.41, 5.74) is 1.40. The van der Waals surface area contributed by atoms with Crippen molar-refractivity contribution in [3.05, 3.63) is 64.7 Å². The number of hydrogen-bond donors (Lipinski definition) is 2. The third-order valence-electron chi connectivity index (χ3n) is 4.10. The van der Waals surface area contributed by atoms with Gasteiger partial charge in [-0.3, -0.25) is 9.59 Å². The van der Waals surface area contributed by atoms with Crippen molar-refractivity contribution in [1.29, 1.82) is 0 Å². The molecule has 0 fully saturated rings. The molecule has 150 valence electrons. The molecule has 28 heavy (non-hydrogen) atoms. The molecule has 0 spiro atoms. The normalized spacial score (nSPS) is 11.5. The van der Waals surface area contributed by atoms with Gasteiger partial charge in [0.2, 0.25) is 5.91 Å². The molecular formula is C21H25ClN2O3S. The molecule has 0 radical (unpaired) electrons. The van der Waals surface area contributed by atoms with Gasteiger partial charge < -0.3 is 15.4 Å². The number of thioether (sulfide) groups is 1. The summed E-state index contributed by atoms with van der Waals surface area (Å²) in [6.45, 7) is 2.67. The van der Waals surface area contributed by atoms with Crippen LogP contribution in [-0.2, 0) is 4.79 Å². The van der Waals surface area contributed by atoms with E-state index in [0.29, 0.717) is 30.2 Å². The third kappa shape index (κ3) is 6.77. The Bertz CT molecular complexity index is 801. The Hall–Kier alpha value is -2.18. The number of amides is 2. The monoisotopic (exact) mass is 420 g/mol. The molecule has 0 saturated heterocycles. The molecule has 0 aromatic heterocycles. The highest BCUT2D eigenvalue weighted by Gasteiger charge is 2.21. The summed E-state index contributed by atoms with van der Waals surface area (Å²) < 4.78 is 5.69. The highest BCUT2D eigenvalue weighted by Crippen LogP contribution is 2.16. The predicted octanol–water partition coefficient (Wildman–Crippen LogP) is 3.70. The molecule has 0 bridgehead atoms. The van der Waals surface area contributed by atoms with Crippen molar-refractivity contribution in [3.8, 4) is 5.75 Å². The zero-order chi connectivity index (χ0) is 20.4. The molecule has 2 amide bonds. The molecule has 0 heterocycles. The van der Waals surface area contributed by atoms with E-state index < -0.39 is 6.04 Å². The van der Waals surface area contributed by atoms with E-state index >= 15 is 0 Å². The van der Waals surface area contributed by atoms with E-state index in [1.807, 2.05) is 37.4 Å². The number of carbonyl (C=O) groups is 2. The van der Waals surface area contributed by atoms with Crippen LogP contribution in [0.5, 0.6) is 5.75 Å². The Morgan fingerprint density at radius 1 is 1.14 bits per heavy atom. The molecule has 0 aliphatic carbocycles. The number of carbonyl (C=O) groups excluding carboxylic acids is 2. The van der Waals surface area contributed by atoms with E-state index in [1.54, 1.807) is 36.0 Å². The van der Waals surface area contributed by atoms with E-state index in [0.717, 1.165) is 17.1 Å². The number of halogens is 1. The highest BCUT2D eigenvalue weighted by atomic mass is 35.5. The Kier molecular flexibility index (Phi) is 9.17. The van der Waals surface area contributed by atoms with Crippen LogP contribution in [-0.4, -0.2) is 43.0 Å². The number of hydrogen-bond acceptors (Lipinski definition) is 4. The molecule has 2 aromatic rings. The maximum Gasteiger partial charge on any atom is 0.253 e. The van der Waals surface area contributed by atoms with Crippen molar-refractivity contribution in [1.82, 2.24) is 10.6 Å². The number of nitrogens with one attached hydrogen (secondary N) is 2. The molecule has 1 unspecified atom stereocenters. The molecule has 1 atom stereocenters. The zero-order valence-corrected chi connectivity index (χ0v) is 17.6. The first-order chi connectivity index (χ1) is 13.5. The standard InChI is InChI=1S/C21H25ClN2O3S/c1-15-7-3-6-10-19(15)27-13-12-23-21(26)18(11-14-28-2)24-20(25)16-8-4-5-9-17(16)22/h3-10,18H,11-14H2,1-2H3,(H,23,26)(H,24,25). The van der Waals surface area contributed by atoms with E-state index in [9.17, 15) is 9.59 Å². The summed E-state index contributed by atoms with van der Waals surface area (Å²) in [6.07, 6.45) is 2.49. The van der Waals surface area contributed by atoms with E-state index in [1.165, 1.54) is 0 Å². The van der Waals surface area contributed by atoms with Gasteiger partial charge in [-0.2, -0.15) is 11.8 Å². The topological polar surface area (TPSA) is 67.4 Å². The second kappa shape index (κ2) is 11.6. The lowest BCUT2D eigenvalue weighted by Crippen LogP contribution is -2.48. The number of ether oxygens (including phenoxy) is 1. The molecule has 2 N–H and O–H groups in total. The van der Waals surface area contributed by atoms with E-state index in [4.69, 9.17) is 16.3 Å². The van der Waals surface area contributed by atoms with Crippen molar-refractivity contribution in [2.24, 2.45) is 0 Å². The van der Waals surface area contributed by atoms with Crippen LogP contribution in [0.15, 0.2) is 48.5 Å². The summed E-state index contributed by atoms with van der Waals surface area (Å²) in [4.78, 5) is 25.0. The van der Waals surface area contributed by atoms with Gasteiger partial charge in [0.25, 0.3) is 5.91 Å². The Morgan fingerprint density at radius 2 is 1.86 bits per heavy atom. The Balaban J connectivity index is 1.88. The first-order valence-electron chi connectivity index (χ1n) is 9.03. The third-order valence-corrected chi connectivity index (χ3v) is 5.08. The maximum atomic E-state index is 12.6. The van der Waals surface area contributed by atoms with Crippen LogP contribution in [0.2, 0.25) is 5.02 Å². The summed E-state index contributed by atoms with van der Waals surface area (Å²) in [5.74, 6) is 0.953. The first-order valence-corrected chi connectivity index (χ1v) is 10.8. The Morgan fingerprint density at radius 3 is 2.57 bits per heavy atom. The summed E-state index contributed by atoms with van der Waals surface area (Å²) in [7, 11) is 0. The van der Waals surface area contributed by atoms with Gasteiger partial charge in [-0.25, -0.2) is 0 Å². The van der Waals surface area contributed by atoms with E-state index in [2.05, 4.69) is 10.6 Å². The number of benzene rings is 2. The fourth-order valence-electron chi connectivity index (χ4n) is 2.56. The lowest BCUT2D eigenvalue weighted by atomic mass is 10.1. The average molecular weight is 421 g/mol. The van der Waals surface area contributed by atoms with Crippen LogP contribution < -0.4 is 15.4 Å². The molecule has 7 heteroatoms. The van der Waals surface area contributed by atoms with Crippen molar-refractivity contribution in [2.75, 3.05) is 25.2 Å². The van der Waals surface area contributed by atoms with E-state index in [-0.39, 0.29) is 11.8 Å². The second-order valence-electron chi connectivity index (χ2n) is 6.19. The van der Waals surface area contributed by atoms with Gasteiger partial charge in [0, 0.05) is 0 Å². The largest absolute Gasteiger partial charge is 0.491 e. The van der Waals surface area contributed by atoms with Crippen LogP contribution in [0, 0.1) is 6.92 Å². The number of aryl methyl sites for hydroxylation is 1. The van der Waals surface area contributed by atoms with Gasteiger partial charge >= 0.3 is 0 Å². The van der Waals surface area contributed by atoms with Crippen molar-refractivity contribution in [2.45, 2.75) is 19.4 Å². The van der Waals surface area contributed by atoms with Crippen LogP contribution >= 0.6 is 23.4 Å². The molecular weight excluding hydrogens is 396 g/mol. The average Bonchev–Trinajstić information content (AvgIpc) is 2.69. The summed E-state index contributed by atoms with van der Waals surface area (Å²) in [5, 5.41) is 5.98. The SMILES string of the molecule is CSCCC(NC(=O)c1ccccc1Cl)C(=O)NCCOc1ccccc1C. The number of para-hydroxylation sites is 1. The first kappa shape index (κ1) is 22.1. The minimum atomic E-state index is -0.630. The smallest absolute Gasteiger partial charge is 0.253 e. The van der Waals surface area contributed by atoms with Gasteiger partial charge in [0.15, 0.2) is 0 Å². The minimum Gasteiger partial charge on any atom is -0.491 e. The molecule has 2 rings (SSSR count). The van der Waals surface area contributed by atoms with Gasteiger partial charge in [0.05, 0.1) is 17.1 Å². The van der Waals surface area contributed by atoms with Crippen molar-refractivity contribution in [3.63, 3.8) is 0 Å². The predicted molar refractivity (Wildman–Crippen MR) is 115 cm³/mol. The molecule has 5 nitrogen and oxygen atoms in total. The van der Waals surface area contributed by atoms with Crippen LogP contribution in [0.1, 0.15) is 22.3 Å². The molecule has 0 saturated carbocycles. The number of rotatable bonds is 10. The van der Waals surface area contributed by atoms with Gasteiger partial charge in [-0.05, 0) is 49.1 Å². The fraction of sp³-hybridized carbons (Fsp3) is 0.333.